The maximum absolute atomic E-state index is 10.3. The van der Waals surface area contributed by atoms with Gasteiger partial charge in [-0.05, 0) is 12.1 Å². The lowest BCUT2D eigenvalue weighted by atomic mass is 10.2. The summed E-state index contributed by atoms with van der Waals surface area (Å²) in [5, 5.41) is 41.3. The van der Waals surface area contributed by atoms with E-state index in [9.17, 15) is 4.79 Å². The van der Waals surface area contributed by atoms with Crippen molar-refractivity contribution in [2.24, 2.45) is 0 Å². The molecule has 0 spiro atoms. The standard InChI is InChI=1S/C7H6O3.BHO3.2I/c8-6-4-2-1-3-5(6)7(9)10;2-1(3)4;;/h1-4,8H,(H,9,10);2H;;/q;-2;2*+1. The van der Waals surface area contributed by atoms with Gasteiger partial charge in [-0.25, -0.2) is 4.79 Å². The van der Waals surface area contributed by atoms with Crippen LogP contribution >= 0.6 is 0 Å². The van der Waals surface area contributed by atoms with Gasteiger partial charge in [0, 0.05) is 0 Å². The van der Waals surface area contributed by atoms with Crippen LogP contribution in [0.1, 0.15) is 10.4 Å². The van der Waals surface area contributed by atoms with Crippen LogP contribution in [0.25, 0.3) is 0 Å². The molecule has 16 heavy (non-hydrogen) atoms. The molecule has 0 saturated heterocycles. The van der Waals surface area contributed by atoms with Gasteiger partial charge in [-0.1, -0.05) is 12.1 Å². The summed E-state index contributed by atoms with van der Waals surface area (Å²) in [6, 6.07) is 5.81. The van der Waals surface area contributed by atoms with Crippen molar-refractivity contribution in [3.8, 4) is 5.75 Å². The topological polar surface area (TPSA) is 124 Å². The summed E-state index contributed by atoms with van der Waals surface area (Å²) in [5.41, 5.74) is -0.0671. The van der Waals surface area contributed by atoms with E-state index in [0.717, 1.165) is 0 Å². The SMILES string of the molecule is O=C(O)c1ccccc1O.[I+].[I+].[O-]B([O-])O. The normalized spacial score (nSPS) is 7.44. The minimum Gasteiger partial charge on any atom is -0.871 e. The number of carbonyl (C=O) groups is 1. The molecule has 0 heterocycles. The molecule has 0 bridgehead atoms. The quantitative estimate of drug-likeness (QED) is 0.288. The number of carboxylic acids is 1. The van der Waals surface area contributed by atoms with E-state index in [4.69, 9.17) is 25.3 Å². The monoisotopic (exact) mass is 452 g/mol. The number of hydrogen-bond donors (Lipinski definition) is 3. The Morgan fingerprint density at radius 3 is 1.81 bits per heavy atom. The van der Waals surface area contributed by atoms with E-state index < -0.39 is 13.3 Å². The van der Waals surface area contributed by atoms with Gasteiger partial charge in [-0.2, -0.15) is 0 Å². The first-order valence-electron chi connectivity index (χ1n) is 3.46. The van der Waals surface area contributed by atoms with Crippen LogP contribution in [0.4, 0.5) is 0 Å². The molecule has 0 fully saturated rings. The van der Waals surface area contributed by atoms with E-state index in [0.29, 0.717) is 0 Å². The smallest absolute Gasteiger partial charge is 0.871 e. The van der Waals surface area contributed by atoms with Gasteiger partial charge in [-0.15, -0.1) is 0 Å². The van der Waals surface area contributed by atoms with Crippen LogP contribution in [0.2, 0.25) is 0 Å². The predicted molar refractivity (Wildman–Crippen MR) is 43.0 cm³/mol. The first kappa shape index (κ1) is 21.2. The number of phenols is 1. The van der Waals surface area contributed by atoms with Crippen molar-refractivity contribution in [3.63, 3.8) is 0 Å². The summed E-state index contributed by atoms with van der Waals surface area (Å²) < 4.78 is 0. The molecule has 0 aliphatic heterocycles. The number of aromatic hydroxyl groups is 1. The summed E-state index contributed by atoms with van der Waals surface area (Å²) in [7, 11) is -2.67. The molecule has 0 atom stereocenters. The second-order valence-electron chi connectivity index (χ2n) is 2.13. The Labute approximate surface area is 126 Å². The highest BCUT2D eigenvalue weighted by molar-refractivity contribution is 6.26. The fourth-order valence-electron chi connectivity index (χ4n) is 0.654. The molecule has 1 aromatic carbocycles. The number of aromatic carboxylic acids is 1. The van der Waals surface area contributed by atoms with Gasteiger partial charge >= 0.3 is 53.9 Å². The molecule has 6 nitrogen and oxygen atoms in total. The lowest BCUT2D eigenvalue weighted by Gasteiger charge is -2.13. The molecule has 1 rings (SSSR count). The molecule has 0 aromatic heterocycles. The van der Waals surface area contributed by atoms with Crippen molar-refractivity contribution in [2.75, 3.05) is 0 Å². The number of rotatable bonds is 1. The van der Waals surface area contributed by atoms with Crippen LogP contribution in [-0.4, -0.2) is 28.5 Å². The average Bonchev–Trinajstić information content (AvgIpc) is 2.03. The second kappa shape index (κ2) is 11.4. The number of carboxylic acid groups (broad SMARTS) is 1. The summed E-state index contributed by atoms with van der Waals surface area (Å²) in [6.07, 6.45) is 0. The number of para-hydroxylation sites is 1. The van der Waals surface area contributed by atoms with E-state index >= 15 is 0 Å². The number of benzene rings is 1. The Hall–Kier alpha value is -0.105. The minimum atomic E-state index is -2.67. The molecule has 88 valence electrons. The lowest BCUT2D eigenvalue weighted by molar-refractivity contribution is -0.376. The van der Waals surface area contributed by atoms with Gasteiger partial charge in [0.25, 0.3) is 0 Å². The second-order valence-corrected chi connectivity index (χ2v) is 2.13. The molecule has 0 saturated carbocycles. The maximum Gasteiger partial charge on any atom is 1.00 e. The molecule has 1 aromatic rings. The van der Waals surface area contributed by atoms with Crippen LogP contribution in [0.3, 0.4) is 0 Å². The highest BCUT2D eigenvalue weighted by Gasteiger charge is 2.05. The molecule has 9 heteroatoms. The molecule has 0 aliphatic rings. The highest BCUT2D eigenvalue weighted by atomic mass is 127. The van der Waals surface area contributed by atoms with Gasteiger partial charge in [0.05, 0.1) is 7.32 Å². The zero-order chi connectivity index (χ0) is 11.1. The Balaban J connectivity index is -0.000000249. The zero-order valence-corrected chi connectivity index (χ0v) is 12.0. The van der Waals surface area contributed by atoms with Crippen molar-refractivity contribution < 1.29 is 78.0 Å². The Morgan fingerprint density at radius 2 is 1.56 bits per heavy atom. The molecule has 0 amide bonds. The zero-order valence-electron chi connectivity index (χ0n) is 7.71. The predicted octanol–water partition coefficient (Wildman–Crippen LogP) is -8.22. The van der Waals surface area contributed by atoms with E-state index in [-0.39, 0.29) is 59.3 Å². The summed E-state index contributed by atoms with van der Waals surface area (Å²) in [4.78, 5) is 10.3. The molecule has 3 N–H and O–H groups in total. The minimum absolute atomic E-state index is 0. The van der Waals surface area contributed by atoms with E-state index in [1.54, 1.807) is 12.1 Å². The largest absolute Gasteiger partial charge is 1.00 e. The highest BCUT2D eigenvalue weighted by Crippen LogP contribution is 2.14. The first-order chi connectivity index (χ1) is 6.45. The lowest BCUT2D eigenvalue weighted by Crippen LogP contribution is -3.00. The van der Waals surface area contributed by atoms with E-state index in [1.807, 2.05) is 0 Å². The fraction of sp³-hybridized carbons (Fsp3) is 0. The molecule has 4 radical (unpaired) electrons. The van der Waals surface area contributed by atoms with Gasteiger partial charge in [0.1, 0.15) is 11.3 Å². The van der Waals surface area contributed by atoms with Crippen LogP contribution in [0.5, 0.6) is 5.75 Å². The average molecular weight is 452 g/mol. The maximum atomic E-state index is 10.3. The van der Waals surface area contributed by atoms with Crippen LogP contribution < -0.4 is 58.0 Å². The van der Waals surface area contributed by atoms with Crippen molar-refractivity contribution in [3.05, 3.63) is 29.8 Å². The van der Waals surface area contributed by atoms with Crippen LogP contribution in [0.15, 0.2) is 24.3 Å². The fourth-order valence-corrected chi connectivity index (χ4v) is 0.654. The summed E-state index contributed by atoms with van der Waals surface area (Å²) >= 11 is 0. The van der Waals surface area contributed by atoms with E-state index in [2.05, 4.69) is 0 Å². The Morgan fingerprint density at radius 1 is 1.19 bits per heavy atom. The van der Waals surface area contributed by atoms with Gasteiger partial charge in [0.15, 0.2) is 0 Å². The van der Waals surface area contributed by atoms with Crippen molar-refractivity contribution in [1.29, 1.82) is 0 Å². The van der Waals surface area contributed by atoms with E-state index in [1.165, 1.54) is 12.1 Å². The van der Waals surface area contributed by atoms with Gasteiger partial charge in [0.2, 0.25) is 0 Å². The van der Waals surface area contributed by atoms with Crippen molar-refractivity contribution in [1.82, 2.24) is 0 Å². The van der Waals surface area contributed by atoms with Crippen molar-refractivity contribution >= 4 is 13.3 Å². The number of hydrogen-bond acceptors (Lipinski definition) is 5. The molecule has 0 aliphatic carbocycles. The first-order valence-corrected chi connectivity index (χ1v) is 3.46. The number of halogens is 2. The Bertz CT molecular complexity index is 306. The van der Waals surface area contributed by atoms with Gasteiger partial charge in [-0.3, -0.25) is 0 Å². The summed E-state index contributed by atoms with van der Waals surface area (Å²) in [5.74, 6) is -1.31. The molecular formula is C7H7BI2O6. The third-order valence-corrected chi connectivity index (χ3v) is 1.13. The van der Waals surface area contributed by atoms with Crippen molar-refractivity contribution in [2.45, 2.75) is 0 Å². The molecular weight excluding hydrogens is 445 g/mol. The third kappa shape index (κ3) is 10.4. The van der Waals surface area contributed by atoms with Gasteiger partial charge < -0.3 is 25.3 Å². The van der Waals surface area contributed by atoms with Crippen LogP contribution in [0, 0.1) is 0 Å². The molecule has 0 unspecified atom stereocenters. The Kier molecular flexibility index (Phi) is 15.1. The summed E-state index contributed by atoms with van der Waals surface area (Å²) in [6.45, 7) is 0. The van der Waals surface area contributed by atoms with Crippen LogP contribution in [-0.2, 0) is 0 Å². The third-order valence-electron chi connectivity index (χ3n) is 1.13.